The molecule has 1 aromatic rings. The number of hydrogen-bond acceptors (Lipinski definition) is 3. The lowest BCUT2D eigenvalue weighted by molar-refractivity contribution is -0.138. The molecule has 0 N–H and O–H groups in total. The summed E-state index contributed by atoms with van der Waals surface area (Å²) in [6.45, 7) is 2.15. The third-order valence-corrected chi connectivity index (χ3v) is 2.83. The normalized spacial score (nSPS) is 11.9. The average molecular weight is 269 g/mol. The van der Waals surface area contributed by atoms with Crippen LogP contribution in [0.5, 0.6) is 0 Å². The first-order chi connectivity index (χ1) is 8.65. The number of benzene rings is 1. The Morgan fingerprint density at radius 1 is 1.28 bits per heavy atom. The fourth-order valence-corrected chi connectivity index (χ4v) is 1.67. The molecule has 0 aliphatic rings. The number of halogens is 1. The first kappa shape index (κ1) is 14.7. The third-order valence-electron chi connectivity index (χ3n) is 2.49. The van der Waals surface area contributed by atoms with E-state index in [1.54, 1.807) is 30.3 Å². The van der Waals surface area contributed by atoms with E-state index in [9.17, 15) is 9.59 Å². The van der Waals surface area contributed by atoms with Gasteiger partial charge in [-0.25, -0.2) is 4.79 Å². The first-order valence-electron chi connectivity index (χ1n) is 6.05. The van der Waals surface area contributed by atoms with Crippen molar-refractivity contribution in [3.63, 3.8) is 0 Å². The predicted octanol–water partition coefficient (Wildman–Crippen LogP) is 3.21. The average Bonchev–Trinajstić information content (AvgIpc) is 2.42. The van der Waals surface area contributed by atoms with E-state index in [-0.39, 0.29) is 12.0 Å². The molecule has 1 rings (SSSR count). The Hall–Kier alpha value is -1.35. The Morgan fingerprint density at radius 2 is 1.94 bits per heavy atom. The van der Waals surface area contributed by atoms with Gasteiger partial charge in [0.15, 0.2) is 0 Å². The maximum atomic E-state index is 11.7. The number of ether oxygens (including phenoxy) is 1. The molecule has 98 valence electrons. The lowest BCUT2D eigenvalue weighted by Gasteiger charge is -2.09. The van der Waals surface area contributed by atoms with Crippen LogP contribution in [0, 0.1) is 0 Å². The number of Topliss-reactive ketones (excluding diaryl/α,β-unsaturated/α-hetero) is 1. The lowest BCUT2D eigenvalue weighted by atomic mass is 10.1. The molecule has 0 saturated carbocycles. The van der Waals surface area contributed by atoms with Crippen molar-refractivity contribution in [3.05, 3.63) is 35.9 Å². The molecule has 3 nitrogen and oxygen atoms in total. The zero-order chi connectivity index (χ0) is 13.4. The van der Waals surface area contributed by atoms with Crippen LogP contribution in [0.25, 0.3) is 0 Å². The molecule has 0 spiro atoms. The summed E-state index contributed by atoms with van der Waals surface area (Å²) >= 11 is 5.97. The molecule has 0 heterocycles. The van der Waals surface area contributed by atoms with Gasteiger partial charge in [0, 0.05) is 5.56 Å². The Balaban J connectivity index is 2.39. The summed E-state index contributed by atoms with van der Waals surface area (Å²) in [5, 5.41) is -0.225. The van der Waals surface area contributed by atoms with Gasteiger partial charge in [0.25, 0.3) is 5.78 Å². The summed E-state index contributed by atoms with van der Waals surface area (Å²) in [7, 11) is 0. The molecule has 18 heavy (non-hydrogen) atoms. The quantitative estimate of drug-likeness (QED) is 0.330. The number of carbonyl (C=O) groups is 2. The largest absolute Gasteiger partial charge is 0.458 e. The van der Waals surface area contributed by atoms with Gasteiger partial charge in [0.1, 0.15) is 6.61 Å². The highest BCUT2D eigenvalue weighted by atomic mass is 35.5. The number of ketones is 1. The highest BCUT2D eigenvalue weighted by Gasteiger charge is 2.18. The Labute approximate surface area is 112 Å². The van der Waals surface area contributed by atoms with Crippen LogP contribution in [0.2, 0.25) is 0 Å². The van der Waals surface area contributed by atoms with Crippen molar-refractivity contribution >= 4 is 23.4 Å². The highest BCUT2D eigenvalue weighted by molar-refractivity contribution is 6.40. The predicted molar refractivity (Wildman–Crippen MR) is 70.9 cm³/mol. The van der Waals surface area contributed by atoms with Crippen LogP contribution >= 0.6 is 11.6 Å². The molecule has 0 unspecified atom stereocenters. The van der Waals surface area contributed by atoms with Crippen LogP contribution in [-0.2, 0) is 9.53 Å². The van der Waals surface area contributed by atoms with Crippen molar-refractivity contribution in [2.24, 2.45) is 0 Å². The number of rotatable bonds is 7. The van der Waals surface area contributed by atoms with E-state index in [2.05, 4.69) is 6.92 Å². The van der Waals surface area contributed by atoms with Crippen molar-refractivity contribution in [2.45, 2.75) is 31.6 Å². The summed E-state index contributed by atoms with van der Waals surface area (Å²) in [6, 6.07) is 8.34. The summed E-state index contributed by atoms with van der Waals surface area (Å²) in [4.78, 5) is 23.1. The van der Waals surface area contributed by atoms with E-state index in [0.717, 1.165) is 19.3 Å². The Bertz CT molecular complexity index is 389. The number of hydrogen-bond donors (Lipinski definition) is 0. The molecule has 0 radical (unpaired) electrons. The minimum atomic E-state index is -0.844. The van der Waals surface area contributed by atoms with E-state index >= 15 is 0 Å². The molecule has 0 bridgehead atoms. The molecular weight excluding hydrogens is 252 g/mol. The van der Waals surface area contributed by atoms with Gasteiger partial charge in [-0.2, -0.15) is 0 Å². The van der Waals surface area contributed by atoms with Crippen molar-refractivity contribution in [1.82, 2.24) is 0 Å². The number of unbranched alkanes of at least 4 members (excludes halogenated alkanes) is 1. The van der Waals surface area contributed by atoms with Gasteiger partial charge in [0.2, 0.25) is 0 Å². The van der Waals surface area contributed by atoms with Crippen LogP contribution < -0.4 is 0 Å². The monoisotopic (exact) mass is 268 g/mol. The van der Waals surface area contributed by atoms with Gasteiger partial charge in [-0.15, -0.1) is 11.6 Å². The zero-order valence-electron chi connectivity index (χ0n) is 10.4. The molecule has 0 amide bonds. The molecule has 0 saturated heterocycles. The summed E-state index contributed by atoms with van der Waals surface area (Å²) in [5.41, 5.74) is 0.335. The molecule has 1 aromatic carbocycles. The zero-order valence-corrected chi connectivity index (χ0v) is 11.2. The van der Waals surface area contributed by atoms with E-state index in [1.807, 2.05) is 0 Å². The lowest BCUT2D eigenvalue weighted by Crippen LogP contribution is -2.21. The molecule has 1 atom stereocenters. The van der Waals surface area contributed by atoms with Crippen LogP contribution in [0.3, 0.4) is 0 Å². The second-order valence-electron chi connectivity index (χ2n) is 4.03. The molecule has 0 aliphatic carbocycles. The fourth-order valence-electron chi connectivity index (χ4n) is 1.45. The van der Waals surface area contributed by atoms with Gasteiger partial charge in [0.05, 0.1) is 5.38 Å². The van der Waals surface area contributed by atoms with Gasteiger partial charge >= 0.3 is 5.97 Å². The molecular formula is C14H17ClO3. The van der Waals surface area contributed by atoms with Crippen molar-refractivity contribution in [2.75, 3.05) is 6.61 Å². The maximum Gasteiger partial charge on any atom is 0.379 e. The number of alkyl halides is 1. The standard InChI is InChI=1S/C14H17ClO3/c1-2-3-9-12(15)10-18-14(17)13(16)11-7-5-4-6-8-11/h4-8,12H,2-3,9-10H2,1H3/t12-/m0/s1. The van der Waals surface area contributed by atoms with Gasteiger partial charge < -0.3 is 4.74 Å². The van der Waals surface area contributed by atoms with Gasteiger partial charge in [-0.05, 0) is 6.42 Å². The van der Waals surface area contributed by atoms with Crippen LogP contribution in [-0.4, -0.2) is 23.7 Å². The van der Waals surface area contributed by atoms with Crippen molar-refractivity contribution < 1.29 is 14.3 Å². The van der Waals surface area contributed by atoms with Crippen LogP contribution in [0.1, 0.15) is 36.5 Å². The van der Waals surface area contributed by atoms with E-state index in [1.165, 1.54) is 0 Å². The highest BCUT2D eigenvalue weighted by Crippen LogP contribution is 2.09. The smallest absolute Gasteiger partial charge is 0.379 e. The minimum Gasteiger partial charge on any atom is -0.458 e. The van der Waals surface area contributed by atoms with Gasteiger partial charge in [-0.3, -0.25) is 4.79 Å². The SMILES string of the molecule is CCCC[C@H](Cl)COC(=O)C(=O)c1ccccc1. The summed E-state index contributed by atoms with van der Waals surface area (Å²) < 4.78 is 4.90. The number of carbonyl (C=O) groups excluding carboxylic acids is 2. The Kier molecular flexibility index (Phi) is 6.44. The van der Waals surface area contributed by atoms with Crippen LogP contribution in [0.4, 0.5) is 0 Å². The molecule has 0 fully saturated rings. The summed E-state index contributed by atoms with van der Waals surface area (Å²) in [5.74, 6) is -1.47. The van der Waals surface area contributed by atoms with Crippen molar-refractivity contribution in [3.8, 4) is 0 Å². The first-order valence-corrected chi connectivity index (χ1v) is 6.49. The Morgan fingerprint density at radius 3 is 2.56 bits per heavy atom. The molecule has 4 heteroatoms. The van der Waals surface area contributed by atoms with Gasteiger partial charge in [-0.1, -0.05) is 50.1 Å². The molecule has 0 aromatic heterocycles. The minimum absolute atomic E-state index is 0.0823. The number of esters is 1. The fraction of sp³-hybridized carbons (Fsp3) is 0.429. The summed E-state index contributed by atoms with van der Waals surface area (Å²) in [6.07, 6.45) is 2.81. The second kappa shape index (κ2) is 7.88. The van der Waals surface area contributed by atoms with Crippen LogP contribution in [0.15, 0.2) is 30.3 Å². The maximum absolute atomic E-state index is 11.7. The van der Waals surface area contributed by atoms with Crippen molar-refractivity contribution in [1.29, 1.82) is 0 Å². The topological polar surface area (TPSA) is 43.4 Å². The van der Waals surface area contributed by atoms with E-state index in [4.69, 9.17) is 16.3 Å². The van der Waals surface area contributed by atoms with E-state index in [0.29, 0.717) is 5.56 Å². The molecule has 0 aliphatic heterocycles. The van der Waals surface area contributed by atoms with E-state index < -0.39 is 11.8 Å². The third kappa shape index (κ3) is 4.88. The second-order valence-corrected chi connectivity index (χ2v) is 4.65.